The lowest BCUT2D eigenvalue weighted by molar-refractivity contribution is -0.145. The lowest BCUT2D eigenvalue weighted by Gasteiger charge is -2.39. The molecule has 0 fully saturated rings. The number of Topliss-reactive ketones (excluding diaryl/α,β-unsaturated/α-hetero) is 1. The number of hydrogen-bond acceptors (Lipinski definition) is 6. The average Bonchev–Trinajstić information content (AvgIpc) is 3.07. The predicted molar refractivity (Wildman–Crippen MR) is 119 cm³/mol. The van der Waals surface area contributed by atoms with E-state index in [-0.39, 0.29) is 30.0 Å². The summed E-state index contributed by atoms with van der Waals surface area (Å²) >= 11 is 3.46. The van der Waals surface area contributed by atoms with Gasteiger partial charge in [0.1, 0.15) is 0 Å². The van der Waals surface area contributed by atoms with Crippen LogP contribution in [-0.4, -0.2) is 39.3 Å². The van der Waals surface area contributed by atoms with Crippen molar-refractivity contribution in [3.63, 3.8) is 0 Å². The van der Waals surface area contributed by atoms with Crippen molar-refractivity contribution in [3.05, 3.63) is 64.2 Å². The molecule has 1 atom stereocenters. The summed E-state index contributed by atoms with van der Waals surface area (Å²) in [6.45, 7) is 0.752. The fraction of sp³-hybridized carbons (Fsp3) is 0.304. The zero-order valence-corrected chi connectivity index (χ0v) is 18.4. The molecule has 7 nitrogen and oxygen atoms in total. The van der Waals surface area contributed by atoms with Crippen LogP contribution in [0.1, 0.15) is 42.5 Å². The molecule has 31 heavy (non-hydrogen) atoms. The van der Waals surface area contributed by atoms with E-state index in [1.807, 2.05) is 24.3 Å². The SMILES string of the molecule is O=C(CCCCCN1c2ccc(Br)cc2C(=O)C2=CCC=CC21)On1c(O)ccc1O. The Balaban J connectivity index is 1.35. The smallest absolute Gasteiger partial charge is 0.333 e. The normalized spacial score (nSPS) is 17.2. The van der Waals surface area contributed by atoms with Crippen LogP contribution in [0.3, 0.4) is 0 Å². The standard InChI is InChI=1S/C23H23BrN2O5/c24-15-9-10-19-17(14-15)23(30)16-6-3-4-7-18(16)25(19)13-5-1-2-8-22(29)31-26-20(27)11-12-21(26)28/h4,6-7,9-12,14,18,27-28H,1-3,5,8,13H2. The molecule has 0 radical (unpaired) electrons. The molecule has 1 aliphatic heterocycles. The highest BCUT2D eigenvalue weighted by Gasteiger charge is 2.34. The number of carbonyl (C=O) groups is 2. The van der Waals surface area contributed by atoms with Crippen molar-refractivity contribution < 1.29 is 24.6 Å². The third-order valence-electron chi connectivity index (χ3n) is 5.49. The van der Waals surface area contributed by atoms with Gasteiger partial charge >= 0.3 is 5.97 Å². The third kappa shape index (κ3) is 4.39. The first-order valence-corrected chi connectivity index (χ1v) is 11.0. The van der Waals surface area contributed by atoms with Gasteiger partial charge in [0.05, 0.1) is 6.04 Å². The number of aromatic nitrogens is 1. The van der Waals surface area contributed by atoms with Gasteiger partial charge in [-0.15, -0.1) is 4.73 Å². The van der Waals surface area contributed by atoms with E-state index in [2.05, 4.69) is 33.0 Å². The molecular formula is C23H23BrN2O5. The van der Waals surface area contributed by atoms with E-state index in [1.54, 1.807) is 0 Å². The number of fused-ring (bicyclic) bond motifs is 2. The molecule has 1 aromatic carbocycles. The number of nitrogens with zero attached hydrogens (tertiary/aromatic N) is 2. The van der Waals surface area contributed by atoms with Crippen LogP contribution in [0.2, 0.25) is 0 Å². The van der Waals surface area contributed by atoms with Crippen LogP contribution in [-0.2, 0) is 4.79 Å². The summed E-state index contributed by atoms with van der Waals surface area (Å²) in [7, 11) is 0. The van der Waals surface area contributed by atoms with Crippen LogP contribution in [0.15, 0.2) is 58.6 Å². The molecule has 8 heteroatoms. The van der Waals surface area contributed by atoms with Gasteiger partial charge in [0, 0.05) is 46.4 Å². The van der Waals surface area contributed by atoms with Crippen molar-refractivity contribution in [3.8, 4) is 11.8 Å². The predicted octanol–water partition coefficient (Wildman–Crippen LogP) is 4.14. The van der Waals surface area contributed by atoms with Gasteiger partial charge in [-0.25, -0.2) is 4.79 Å². The number of halogens is 1. The van der Waals surface area contributed by atoms with Crippen LogP contribution in [0, 0.1) is 0 Å². The molecule has 162 valence electrons. The maximum Gasteiger partial charge on any atom is 0.333 e. The summed E-state index contributed by atoms with van der Waals surface area (Å²) in [5, 5.41) is 19.1. The summed E-state index contributed by atoms with van der Waals surface area (Å²) in [5.74, 6) is -1.11. The molecule has 2 heterocycles. The minimum absolute atomic E-state index is 0.0559. The number of aromatic hydroxyl groups is 2. The largest absolute Gasteiger partial charge is 0.492 e. The van der Waals surface area contributed by atoms with Crippen molar-refractivity contribution >= 4 is 33.4 Å². The number of ketones is 1. The molecule has 0 spiro atoms. The molecule has 0 saturated heterocycles. The van der Waals surface area contributed by atoms with Crippen molar-refractivity contribution in [1.29, 1.82) is 0 Å². The zero-order valence-electron chi connectivity index (χ0n) is 16.8. The van der Waals surface area contributed by atoms with Gasteiger partial charge in [-0.1, -0.05) is 40.6 Å². The Kier molecular flexibility index (Phi) is 6.18. The molecule has 1 unspecified atom stereocenters. The van der Waals surface area contributed by atoms with Gasteiger partial charge in [-0.05, 0) is 37.5 Å². The Labute approximate surface area is 188 Å². The molecule has 2 N–H and O–H groups in total. The highest BCUT2D eigenvalue weighted by molar-refractivity contribution is 9.10. The highest BCUT2D eigenvalue weighted by atomic mass is 79.9. The fourth-order valence-electron chi connectivity index (χ4n) is 4.00. The number of allylic oxidation sites excluding steroid dienone is 2. The number of benzene rings is 1. The van der Waals surface area contributed by atoms with Crippen LogP contribution in [0.25, 0.3) is 0 Å². The average molecular weight is 487 g/mol. The monoisotopic (exact) mass is 486 g/mol. The summed E-state index contributed by atoms with van der Waals surface area (Å²) < 4.78 is 1.58. The van der Waals surface area contributed by atoms with Crippen molar-refractivity contribution in [2.24, 2.45) is 0 Å². The zero-order chi connectivity index (χ0) is 22.0. The van der Waals surface area contributed by atoms with Crippen molar-refractivity contribution in [2.75, 3.05) is 11.4 Å². The number of rotatable bonds is 7. The van der Waals surface area contributed by atoms with Gasteiger partial charge in [0.2, 0.25) is 11.8 Å². The Morgan fingerprint density at radius 2 is 1.90 bits per heavy atom. The first kappa shape index (κ1) is 21.2. The van der Waals surface area contributed by atoms with E-state index >= 15 is 0 Å². The van der Waals surface area contributed by atoms with Gasteiger partial charge in [-0.2, -0.15) is 0 Å². The number of unbranched alkanes of at least 4 members (excludes halogenated alkanes) is 2. The molecule has 0 amide bonds. The Hall–Kier alpha value is -3.00. The minimum atomic E-state index is -0.527. The van der Waals surface area contributed by atoms with Gasteiger partial charge in [0.15, 0.2) is 5.78 Å². The minimum Gasteiger partial charge on any atom is -0.492 e. The lowest BCUT2D eigenvalue weighted by Crippen LogP contribution is -2.43. The second-order valence-corrected chi connectivity index (χ2v) is 8.49. The van der Waals surface area contributed by atoms with E-state index in [1.165, 1.54) is 12.1 Å². The summed E-state index contributed by atoms with van der Waals surface area (Å²) in [5.41, 5.74) is 2.46. The molecule has 4 rings (SSSR count). The van der Waals surface area contributed by atoms with E-state index in [9.17, 15) is 19.8 Å². The fourth-order valence-corrected chi connectivity index (χ4v) is 4.36. The summed E-state index contributed by atoms with van der Waals surface area (Å²) in [6.07, 6.45) is 9.37. The molecule has 0 bridgehead atoms. The van der Waals surface area contributed by atoms with E-state index in [0.717, 1.165) is 41.5 Å². The van der Waals surface area contributed by atoms with Gasteiger partial charge in [-0.3, -0.25) is 4.79 Å². The molecule has 1 aromatic heterocycles. The maximum atomic E-state index is 12.9. The van der Waals surface area contributed by atoms with E-state index in [0.29, 0.717) is 16.7 Å². The summed E-state index contributed by atoms with van der Waals surface area (Å²) in [6, 6.07) is 8.23. The maximum absolute atomic E-state index is 12.9. The van der Waals surface area contributed by atoms with E-state index < -0.39 is 5.97 Å². The van der Waals surface area contributed by atoms with Crippen LogP contribution in [0.5, 0.6) is 11.8 Å². The molecule has 2 aromatic rings. The second kappa shape index (κ2) is 9.01. The van der Waals surface area contributed by atoms with Crippen molar-refractivity contribution in [1.82, 2.24) is 4.73 Å². The topological polar surface area (TPSA) is 92.0 Å². The Morgan fingerprint density at radius 3 is 2.68 bits per heavy atom. The number of anilines is 1. The summed E-state index contributed by atoms with van der Waals surface area (Å²) in [4.78, 5) is 32.1. The number of carbonyl (C=O) groups excluding carboxylic acids is 2. The first-order valence-electron chi connectivity index (χ1n) is 10.2. The highest BCUT2D eigenvalue weighted by Crippen LogP contribution is 2.37. The molecule has 1 aliphatic carbocycles. The van der Waals surface area contributed by atoms with Crippen LogP contribution < -0.4 is 9.74 Å². The third-order valence-corrected chi connectivity index (χ3v) is 5.99. The second-order valence-electron chi connectivity index (χ2n) is 7.57. The quantitative estimate of drug-likeness (QED) is 0.451. The molecule has 0 saturated carbocycles. The Morgan fingerprint density at radius 1 is 1.13 bits per heavy atom. The van der Waals surface area contributed by atoms with Crippen molar-refractivity contribution in [2.45, 2.75) is 38.1 Å². The van der Waals surface area contributed by atoms with Gasteiger partial charge < -0.3 is 20.0 Å². The Bertz CT molecular complexity index is 1050. The van der Waals surface area contributed by atoms with Crippen LogP contribution >= 0.6 is 15.9 Å². The van der Waals surface area contributed by atoms with E-state index in [4.69, 9.17) is 4.84 Å². The van der Waals surface area contributed by atoms with Crippen LogP contribution in [0.4, 0.5) is 5.69 Å². The number of hydrogen-bond donors (Lipinski definition) is 2. The lowest BCUT2D eigenvalue weighted by atomic mass is 9.86. The molecule has 2 aliphatic rings. The first-order chi connectivity index (χ1) is 15.0. The molecular weight excluding hydrogens is 464 g/mol. The van der Waals surface area contributed by atoms with Gasteiger partial charge in [0.25, 0.3) is 0 Å².